The van der Waals surface area contributed by atoms with Gasteiger partial charge in [0, 0.05) is 0 Å². The van der Waals surface area contributed by atoms with Crippen LogP contribution in [0.1, 0.15) is 32.4 Å². The highest BCUT2D eigenvalue weighted by molar-refractivity contribution is 7.07. The van der Waals surface area contributed by atoms with E-state index in [4.69, 9.17) is 5.11 Å². The van der Waals surface area contributed by atoms with Crippen molar-refractivity contribution < 1.29 is 14.7 Å². The lowest BCUT2D eigenvalue weighted by atomic mass is 10.1. The molecule has 3 N–H and O–H groups in total. The molecule has 1 aromatic heterocycles. The van der Waals surface area contributed by atoms with Gasteiger partial charge in [-0.05, 0) is 43.2 Å². The van der Waals surface area contributed by atoms with Crippen LogP contribution in [0.5, 0.6) is 0 Å². The van der Waals surface area contributed by atoms with Crippen LogP contribution in [0.15, 0.2) is 16.8 Å². The first-order valence-electron chi connectivity index (χ1n) is 5.17. The third-order valence-electron chi connectivity index (χ3n) is 2.35. The number of urea groups is 1. The average Bonchev–Trinajstić information content (AvgIpc) is 2.68. The molecule has 2 amide bonds. The fourth-order valence-corrected chi connectivity index (χ4v) is 1.93. The van der Waals surface area contributed by atoms with Gasteiger partial charge in [0.05, 0.1) is 6.04 Å². The molecule has 0 bridgehead atoms. The summed E-state index contributed by atoms with van der Waals surface area (Å²) in [5, 5.41) is 17.8. The van der Waals surface area contributed by atoms with Crippen LogP contribution >= 0.6 is 11.3 Å². The van der Waals surface area contributed by atoms with Crippen molar-refractivity contribution >= 4 is 23.3 Å². The number of carbonyl (C=O) groups is 2. The molecule has 1 heterocycles. The second kappa shape index (κ2) is 5.18. The quantitative estimate of drug-likeness (QED) is 0.770. The van der Waals surface area contributed by atoms with Gasteiger partial charge >= 0.3 is 12.0 Å². The monoisotopic (exact) mass is 256 g/mol. The van der Waals surface area contributed by atoms with Crippen LogP contribution in [0.4, 0.5) is 4.79 Å². The number of carboxylic acid groups (broad SMARTS) is 1. The zero-order valence-electron chi connectivity index (χ0n) is 9.98. The molecular formula is C11H16N2O3S. The Bertz CT molecular complexity index is 401. The number of carbonyl (C=O) groups excluding carboxylic acids is 1. The number of hydrogen-bond acceptors (Lipinski definition) is 3. The molecule has 1 atom stereocenters. The lowest BCUT2D eigenvalue weighted by Gasteiger charge is -2.22. The lowest BCUT2D eigenvalue weighted by Crippen LogP contribution is -2.53. The van der Waals surface area contributed by atoms with Crippen LogP contribution in [0.3, 0.4) is 0 Å². The summed E-state index contributed by atoms with van der Waals surface area (Å²) in [6.45, 7) is 4.71. The molecule has 1 unspecified atom stereocenters. The van der Waals surface area contributed by atoms with E-state index in [2.05, 4.69) is 10.6 Å². The van der Waals surface area contributed by atoms with E-state index >= 15 is 0 Å². The number of carboxylic acids is 1. The Morgan fingerprint density at radius 1 is 1.47 bits per heavy atom. The second-order valence-corrected chi connectivity index (χ2v) is 5.09. The summed E-state index contributed by atoms with van der Waals surface area (Å²) in [5.74, 6) is -1.07. The minimum absolute atomic E-state index is 0.147. The predicted molar refractivity (Wildman–Crippen MR) is 66.1 cm³/mol. The highest BCUT2D eigenvalue weighted by Gasteiger charge is 2.29. The van der Waals surface area contributed by atoms with Crippen molar-refractivity contribution in [2.45, 2.75) is 32.4 Å². The van der Waals surface area contributed by atoms with Crippen LogP contribution in [0.2, 0.25) is 0 Å². The van der Waals surface area contributed by atoms with Gasteiger partial charge in [-0.3, -0.25) is 0 Å². The fraction of sp³-hybridized carbons (Fsp3) is 0.455. The molecule has 5 nitrogen and oxygen atoms in total. The van der Waals surface area contributed by atoms with Crippen LogP contribution in [0, 0.1) is 0 Å². The molecular weight excluding hydrogens is 240 g/mol. The molecule has 0 aromatic carbocycles. The standard InChI is InChI=1S/C11H16N2O3S/c1-7(8-4-5-17-6-8)12-10(16)13-11(2,3)9(14)15/h4-7H,1-3H3,(H,14,15)(H2,12,13,16). The Kier molecular flexibility index (Phi) is 4.11. The van der Waals surface area contributed by atoms with Crippen molar-refractivity contribution in [1.82, 2.24) is 10.6 Å². The van der Waals surface area contributed by atoms with Gasteiger partial charge in [-0.15, -0.1) is 0 Å². The first-order valence-corrected chi connectivity index (χ1v) is 6.11. The smallest absolute Gasteiger partial charge is 0.328 e. The number of hydrogen-bond donors (Lipinski definition) is 3. The Balaban J connectivity index is 2.53. The SMILES string of the molecule is CC(NC(=O)NC(C)(C)C(=O)O)c1ccsc1. The van der Waals surface area contributed by atoms with Crippen molar-refractivity contribution in [2.24, 2.45) is 0 Å². The number of rotatable bonds is 4. The summed E-state index contributed by atoms with van der Waals surface area (Å²) in [6, 6.07) is 1.28. The molecule has 0 radical (unpaired) electrons. The zero-order chi connectivity index (χ0) is 13.1. The van der Waals surface area contributed by atoms with E-state index in [1.54, 1.807) is 11.3 Å². The van der Waals surface area contributed by atoms with E-state index in [1.165, 1.54) is 13.8 Å². The topological polar surface area (TPSA) is 78.4 Å². The maximum Gasteiger partial charge on any atom is 0.328 e. The molecule has 0 aliphatic heterocycles. The first-order chi connectivity index (χ1) is 7.83. The normalized spacial score (nSPS) is 12.9. The summed E-state index contributed by atoms with van der Waals surface area (Å²) in [4.78, 5) is 22.4. The summed E-state index contributed by atoms with van der Waals surface area (Å²) >= 11 is 1.55. The van der Waals surface area contributed by atoms with Crippen molar-refractivity contribution in [3.05, 3.63) is 22.4 Å². The fourth-order valence-electron chi connectivity index (χ4n) is 1.17. The highest BCUT2D eigenvalue weighted by Crippen LogP contribution is 2.15. The highest BCUT2D eigenvalue weighted by atomic mass is 32.1. The molecule has 1 rings (SSSR count). The Labute approximate surface area is 104 Å². The molecule has 0 spiro atoms. The van der Waals surface area contributed by atoms with Gasteiger partial charge in [0.25, 0.3) is 0 Å². The third-order valence-corrected chi connectivity index (χ3v) is 3.05. The Morgan fingerprint density at radius 2 is 2.12 bits per heavy atom. The van der Waals surface area contributed by atoms with E-state index in [9.17, 15) is 9.59 Å². The van der Waals surface area contributed by atoms with E-state index in [0.717, 1.165) is 5.56 Å². The van der Waals surface area contributed by atoms with Crippen LogP contribution in [-0.4, -0.2) is 22.6 Å². The molecule has 6 heteroatoms. The van der Waals surface area contributed by atoms with Crippen molar-refractivity contribution in [3.63, 3.8) is 0 Å². The van der Waals surface area contributed by atoms with Gasteiger partial charge in [0.15, 0.2) is 0 Å². The molecule has 94 valence electrons. The Hall–Kier alpha value is -1.56. The van der Waals surface area contributed by atoms with Gasteiger partial charge in [0.2, 0.25) is 0 Å². The summed E-state index contributed by atoms with van der Waals surface area (Å²) in [5.41, 5.74) is -0.281. The van der Waals surface area contributed by atoms with E-state index in [1.807, 2.05) is 23.8 Å². The van der Waals surface area contributed by atoms with E-state index < -0.39 is 17.5 Å². The van der Waals surface area contributed by atoms with Crippen molar-refractivity contribution in [2.75, 3.05) is 0 Å². The number of nitrogens with one attached hydrogen (secondary N) is 2. The van der Waals surface area contributed by atoms with E-state index in [0.29, 0.717) is 0 Å². The van der Waals surface area contributed by atoms with Crippen molar-refractivity contribution in [1.29, 1.82) is 0 Å². The molecule has 1 aromatic rings. The van der Waals surface area contributed by atoms with Crippen LogP contribution < -0.4 is 10.6 Å². The van der Waals surface area contributed by atoms with Gasteiger partial charge < -0.3 is 15.7 Å². The van der Waals surface area contributed by atoms with Crippen molar-refractivity contribution in [3.8, 4) is 0 Å². The number of thiophene rings is 1. The second-order valence-electron chi connectivity index (χ2n) is 4.31. The summed E-state index contributed by atoms with van der Waals surface area (Å²) in [7, 11) is 0. The molecule has 0 saturated carbocycles. The lowest BCUT2D eigenvalue weighted by molar-refractivity contribution is -0.142. The maximum atomic E-state index is 11.6. The molecule has 0 saturated heterocycles. The maximum absolute atomic E-state index is 11.6. The minimum atomic E-state index is -1.28. The van der Waals surface area contributed by atoms with Gasteiger partial charge in [-0.1, -0.05) is 0 Å². The minimum Gasteiger partial charge on any atom is -0.480 e. The molecule has 0 aliphatic carbocycles. The molecule has 0 fully saturated rings. The summed E-state index contributed by atoms with van der Waals surface area (Å²) in [6.07, 6.45) is 0. The number of amides is 2. The third kappa shape index (κ3) is 3.74. The zero-order valence-corrected chi connectivity index (χ0v) is 10.8. The Morgan fingerprint density at radius 3 is 2.59 bits per heavy atom. The predicted octanol–water partition coefficient (Wildman–Crippen LogP) is 1.97. The van der Waals surface area contributed by atoms with Gasteiger partial charge in [-0.2, -0.15) is 11.3 Å². The first kappa shape index (κ1) is 13.5. The largest absolute Gasteiger partial charge is 0.480 e. The van der Waals surface area contributed by atoms with E-state index in [-0.39, 0.29) is 6.04 Å². The van der Waals surface area contributed by atoms with Gasteiger partial charge in [-0.25, -0.2) is 9.59 Å². The summed E-state index contributed by atoms with van der Waals surface area (Å²) < 4.78 is 0. The average molecular weight is 256 g/mol. The van der Waals surface area contributed by atoms with Crippen LogP contribution in [-0.2, 0) is 4.79 Å². The van der Waals surface area contributed by atoms with Crippen LogP contribution in [0.25, 0.3) is 0 Å². The number of aliphatic carboxylic acids is 1. The van der Waals surface area contributed by atoms with Gasteiger partial charge in [0.1, 0.15) is 5.54 Å². The molecule has 17 heavy (non-hydrogen) atoms. The molecule has 0 aliphatic rings.